The summed E-state index contributed by atoms with van der Waals surface area (Å²) in [6.07, 6.45) is -3.82. The molecule has 0 fully saturated rings. The third kappa shape index (κ3) is 6.33. The molecule has 1 aromatic carbocycles. The van der Waals surface area contributed by atoms with E-state index in [1.165, 1.54) is 24.3 Å². The van der Waals surface area contributed by atoms with Crippen LogP contribution in [0, 0.1) is 10.1 Å². The number of nitrogens with zero attached hydrogens (tertiary/aromatic N) is 3. The maximum atomic E-state index is 12.5. The van der Waals surface area contributed by atoms with Crippen molar-refractivity contribution in [1.29, 1.82) is 0 Å². The topological polar surface area (TPSA) is 67.9 Å². The molecular weight excluding hydrogens is 287 g/mol. The highest BCUT2D eigenvalue weighted by Crippen LogP contribution is 2.29. The first-order valence-electron chi connectivity index (χ1n) is 6.54. The van der Waals surface area contributed by atoms with E-state index in [4.69, 9.17) is 0 Å². The molecule has 0 aromatic heterocycles. The maximum Gasteiger partial charge on any atom is 0.391 e. The molecule has 1 aromatic rings. The van der Waals surface area contributed by atoms with Crippen molar-refractivity contribution < 1.29 is 18.1 Å². The van der Waals surface area contributed by atoms with Crippen LogP contribution in [-0.4, -0.2) is 17.1 Å². The van der Waals surface area contributed by atoms with Gasteiger partial charge in [0.25, 0.3) is 5.69 Å². The zero-order valence-electron chi connectivity index (χ0n) is 11.5. The van der Waals surface area contributed by atoms with Crippen molar-refractivity contribution in [2.75, 3.05) is 0 Å². The Balaban J connectivity index is 2.89. The summed E-state index contributed by atoms with van der Waals surface area (Å²) in [7, 11) is 0. The van der Waals surface area contributed by atoms with Gasteiger partial charge in [-0.05, 0) is 12.5 Å². The van der Waals surface area contributed by atoms with E-state index in [9.17, 15) is 23.3 Å². The minimum absolute atomic E-state index is 0.0360. The van der Waals surface area contributed by atoms with E-state index in [0.717, 1.165) is 6.42 Å². The van der Waals surface area contributed by atoms with Crippen LogP contribution in [0.3, 0.4) is 0 Å². The first-order valence-corrected chi connectivity index (χ1v) is 6.54. The first-order chi connectivity index (χ1) is 9.83. The Labute approximate surface area is 120 Å². The summed E-state index contributed by atoms with van der Waals surface area (Å²) in [5, 5.41) is 18.1. The van der Waals surface area contributed by atoms with Crippen LogP contribution in [0.25, 0.3) is 0 Å². The SMILES string of the molecule is CCCCC(CC(F)(F)F)N=Nc1ccccc1[N+](=O)[O-]. The quantitative estimate of drug-likeness (QED) is 0.395. The predicted molar refractivity (Wildman–Crippen MR) is 71.6 cm³/mol. The fourth-order valence-corrected chi connectivity index (χ4v) is 1.75. The maximum absolute atomic E-state index is 12.5. The second-order valence-electron chi connectivity index (χ2n) is 4.58. The van der Waals surface area contributed by atoms with Crippen LogP contribution in [0.4, 0.5) is 24.5 Å². The highest BCUT2D eigenvalue weighted by atomic mass is 19.4. The number of benzene rings is 1. The van der Waals surface area contributed by atoms with E-state index in [1.54, 1.807) is 0 Å². The number of para-hydroxylation sites is 1. The van der Waals surface area contributed by atoms with Gasteiger partial charge in [-0.2, -0.15) is 18.3 Å². The number of unbranched alkanes of at least 4 members (excludes halogenated alkanes) is 1. The highest BCUT2D eigenvalue weighted by molar-refractivity contribution is 5.56. The number of azo groups is 1. The Hall–Kier alpha value is -1.99. The molecule has 0 heterocycles. The fourth-order valence-electron chi connectivity index (χ4n) is 1.75. The third-order valence-corrected chi connectivity index (χ3v) is 2.77. The molecule has 0 saturated carbocycles. The zero-order chi connectivity index (χ0) is 15.9. The molecule has 0 bridgehead atoms. The van der Waals surface area contributed by atoms with Crippen molar-refractivity contribution in [1.82, 2.24) is 0 Å². The minimum atomic E-state index is -4.33. The van der Waals surface area contributed by atoms with E-state index < -0.39 is 23.6 Å². The van der Waals surface area contributed by atoms with Gasteiger partial charge in [0.1, 0.15) is 0 Å². The monoisotopic (exact) mass is 303 g/mol. The number of nitro benzene ring substituents is 1. The molecule has 1 unspecified atom stereocenters. The van der Waals surface area contributed by atoms with Crippen LogP contribution in [0.5, 0.6) is 0 Å². The molecule has 0 aliphatic heterocycles. The lowest BCUT2D eigenvalue weighted by molar-refractivity contribution is -0.384. The minimum Gasteiger partial charge on any atom is -0.258 e. The molecule has 116 valence electrons. The summed E-state index contributed by atoms with van der Waals surface area (Å²) < 4.78 is 37.4. The molecule has 1 rings (SSSR count). The van der Waals surface area contributed by atoms with Crippen molar-refractivity contribution in [3.8, 4) is 0 Å². The van der Waals surface area contributed by atoms with E-state index in [-0.39, 0.29) is 17.8 Å². The van der Waals surface area contributed by atoms with Gasteiger partial charge in [0.2, 0.25) is 0 Å². The molecule has 0 radical (unpaired) electrons. The van der Waals surface area contributed by atoms with Crippen molar-refractivity contribution in [2.45, 2.75) is 44.8 Å². The van der Waals surface area contributed by atoms with Crippen LogP contribution >= 0.6 is 0 Å². The van der Waals surface area contributed by atoms with Gasteiger partial charge in [0, 0.05) is 6.07 Å². The molecule has 0 saturated heterocycles. The van der Waals surface area contributed by atoms with Crippen LogP contribution < -0.4 is 0 Å². The van der Waals surface area contributed by atoms with Crippen LogP contribution in [0.15, 0.2) is 34.5 Å². The Morgan fingerprint density at radius 1 is 1.33 bits per heavy atom. The van der Waals surface area contributed by atoms with Crippen molar-refractivity contribution in [3.63, 3.8) is 0 Å². The van der Waals surface area contributed by atoms with Gasteiger partial charge >= 0.3 is 6.18 Å². The number of hydrogen-bond donors (Lipinski definition) is 0. The van der Waals surface area contributed by atoms with E-state index in [1.807, 2.05) is 6.92 Å². The van der Waals surface area contributed by atoms with Crippen LogP contribution in [0.2, 0.25) is 0 Å². The Bertz CT molecular complexity index is 504. The Morgan fingerprint density at radius 3 is 2.57 bits per heavy atom. The van der Waals surface area contributed by atoms with Gasteiger partial charge in [0.05, 0.1) is 17.4 Å². The van der Waals surface area contributed by atoms with Crippen LogP contribution in [0.1, 0.15) is 32.6 Å². The average Bonchev–Trinajstić information content (AvgIpc) is 2.40. The fraction of sp³-hybridized carbons (Fsp3) is 0.538. The number of hydrogen-bond acceptors (Lipinski definition) is 4. The van der Waals surface area contributed by atoms with E-state index in [0.29, 0.717) is 6.42 Å². The lowest BCUT2D eigenvalue weighted by atomic mass is 10.1. The van der Waals surface area contributed by atoms with Gasteiger partial charge in [0.15, 0.2) is 5.69 Å². The number of alkyl halides is 3. The summed E-state index contributed by atoms with van der Waals surface area (Å²) in [4.78, 5) is 10.2. The van der Waals surface area contributed by atoms with Crippen molar-refractivity contribution >= 4 is 11.4 Å². The largest absolute Gasteiger partial charge is 0.391 e. The Morgan fingerprint density at radius 2 is 2.00 bits per heavy atom. The van der Waals surface area contributed by atoms with Gasteiger partial charge in [-0.15, -0.1) is 5.11 Å². The molecule has 8 heteroatoms. The summed E-state index contributed by atoms with van der Waals surface area (Å²) in [6, 6.07) is 4.56. The highest BCUT2D eigenvalue weighted by Gasteiger charge is 2.31. The van der Waals surface area contributed by atoms with Crippen LogP contribution in [-0.2, 0) is 0 Å². The first kappa shape index (κ1) is 17.1. The summed E-state index contributed by atoms with van der Waals surface area (Å²) >= 11 is 0. The zero-order valence-corrected chi connectivity index (χ0v) is 11.5. The van der Waals surface area contributed by atoms with Crippen molar-refractivity contribution in [2.24, 2.45) is 10.2 Å². The van der Waals surface area contributed by atoms with Gasteiger partial charge < -0.3 is 0 Å². The van der Waals surface area contributed by atoms with Crippen molar-refractivity contribution in [3.05, 3.63) is 34.4 Å². The summed E-state index contributed by atoms with van der Waals surface area (Å²) in [6.45, 7) is 1.86. The second kappa shape index (κ2) is 7.70. The normalized spacial score (nSPS) is 13.5. The summed E-state index contributed by atoms with van der Waals surface area (Å²) in [5.41, 5.74) is -0.311. The molecule has 1 atom stereocenters. The molecule has 0 N–H and O–H groups in total. The molecular formula is C13H16F3N3O2. The standard InChI is InChI=1S/C13H16F3N3O2/c1-2-3-6-10(9-13(14,15)16)17-18-11-7-4-5-8-12(11)19(20)21/h4-5,7-8,10H,2-3,6,9H2,1H3. The molecule has 0 spiro atoms. The molecule has 0 aliphatic rings. The lowest BCUT2D eigenvalue weighted by Gasteiger charge is -2.13. The average molecular weight is 303 g/mol. The Kier molecular flexibility index (Phi) is 6.26. The lowest BCUT2D eigenvalue weighted by Crippen LogP contribution is -2.17. The second-order valence-corrected chi connectivity index (χ2v) is 4.58. The summed E-state index contributed by atoms with van der Waals surface area (Å²) in [5.74, 6) is 0. The van der Waals surface area contributed by atoms with Gasteiger partial charge in [-0.25, -0.2) is 0 Å². The molecule has 0 amide bonds. The van der Waals surface area contributed by atoms with Gasteiger partial charge in [-0.1, -0.05) is 31.9 Å². The van der Waals surface area contributed by atoms with E-state index in [2.05, 4.69) is 10.2 Å². The predicted octanol–water partition coefficient (Wildman–Crippen LogP) is 5.19. The third-order valence-electron chi connectivity index (χ3n) is 2.77. The molecule has 21 heavy (non-hydrogen) atoms. The number of halogens is 3. The van der Waals surface area contributed by atoms with E-state index >= 15 is 0 Å². The molecule has 0 aliphatic carbocycles. The van der Waals surface area contributed by atoms with Gasteiger partial charge in [-0.3, -0.25) is 10.1 Å². The number of nitro groups is 1. The molecule has 5 nitrogen and oxygen atoms in total. The number of rotatable bonds is 7. The smallest absolute Gasteiger partial charge is 0.258 e.